The van der Waals surface area contributed by atoms with Gasteiger partial charge in [-0.15, -0.1) is 0 Å². The number of carbonyl (C=O) groups excluding carboxylic acids is 9. The van der Waals surface area contributed by atoms with Gasteiger partial charge in [0.2, 0.25) is 0 Å². The van der Waals surface area contributed by atoms with Gasteiger partial charge in [0.25, 0.3) is 0 Å². The Balaban J connectivity index is 5.11. The SMILES string of the molecule is CCCCCCC(CCCCCCCCCCC(=O)OCC(COC(=O)CCCCCCCCCCC(CCCCCC)OC(=O)CNC(=O)OC(C)(C)C)OC(=O)CCCCCCCCCCC(CCCCCC)OC(=O)CNC(=O)OC(C)(C)C)OC(=O)CNC(=O)OC(C)(C)C. The van der Waals surface area contributed by atoms with Crippen molar-refractivity contribution in [3.8, 4) is 0 Å². The molecule has 0 aliphatic heterocycles. The highest BCUT2D eigenvalue weighted by Gasteiger charge is 2.24. The smallest absolute Gasteiger partial charge is 0.408 e. The summed E-state index contributed by atoms with van der Waals surface area (Å²) in [5.74, 6) is -2.59. The van der Waals surface area contributed by atoms with Crippen LogP contribution in [0.1, 0.15) is 372 Å². The molecule has 0 aromatic heterocycles. The number of unbranched alkanes of at least 4 members (excludes halogenated alkanes) is 30. The van der Waals surface area contributed by atoms with Crippen molar-refractivity contribution in [2.24, 2.45) is 0 Å². The minimum absolute atomic E-state index is 0.185. The molecule has 3 N–H and O–H groups in total. The molecule has 0 spiro atoms. The second-order valence-electron chi connectivity index (χ2n) is 30.0. The van der Waals surface area contributed by atoms with Gasteiger partial charge in [-0.25, -0.2) is 14.4 Å². The van der Waals surface area contributed by atoms with Gasteiger partial charge in [0, 0.05) is 19.3 Å². The quantitative estimate of drug-likeness (QED) is 0.0290. The Bertz CT molecular complexity index is 2020. The van der Waals surface area contributed by atoms with E-state index in [0.717, 1.165) is 250 Å². The molecule has 0 heterocycles. The second-order valence-corrected chi connectivity index (χ2v) is 30.0. The van der Waals surface area contributed by atoms with Gasteiger partial charge in [-0.2, -0.15) is 0 Å². The molecule has 0 aromatic rings. The van der Waals surface area contributed by atoms with E-state index in [1.54, 1.807) is 62.3 Å². The zero-order valence-electron chi connectivity index (χ0n) is 64.5. The maximum Gasteiger partial charge on any atom is 0.408 e. The van der Waals surface area contributed by atoms with Gasteiger partial charge in [-0.05, 0) is 159 Å². The van der Waals surface area contributed by atoms with Crippen molar-refractivity contribution in [3.05, 3.63) is 0 Å². The average Bonchev–Trinajstić information content (AvgIpc) is 1.39. The molecule has 0 saturated heterocycles. The third-order valence-corrected chi connectivity index (χ3v) is 16.5. The van der Waals surface area contributed by atoms with Crippen LogP contribution in [0.15, 0.2) is 0 Å². The fourth-order valence-corrected chi connectivity index (χ4v) is 11.2. The first-order valence-corrected chi connectivity index (χ1v) is 39.1. The van der Waals surface area contributed by atoms with Crippen molar-refractivity contribution in [2.75, 3.05) is 32.8 Å². The van der Waals surface area contributed by atoms with E-state index in [1.165, 1.54) is 0 Å². The molecule has 578 valence electrons. The molecular weight excluding hydrogens is 1270 g/mol. The molecule has 0 aliphatic rings. The molecule has 3 atom stereocenters. The average molecular weight is 1410 g/mol. The van der Waals surface area contributed by atoms with Crippen molar-refractivity contribution >= 4 is 54.1 Å². The second kappa shape index (κ2) is 60.2. The first-order valence-electron chi connectivity index (χ1n) is 39.1. The van der Waals surface area contributed by atoms with Crippen molar-refractivity contribution in [2.45, 2.75) is 413 Å². The molecule has 99 heavy (non-hydrogen) atoms. The number of carbonyl (C=O) groups is 9. The van der Waals surface area contributed by atoms with Crippen molar-refractivity contribution < 1.29 is 85.8 Å². The zero-order chi connectivity index (χ0) is 73.8. The zero-order valence-corrected chi connectivity index (χ0v) is 64.5. The van der Waals surface area contributed by atoms with Gasteiger partial charge in [-0.3, -0.25) is 28.8 Å². The Morgan fingerprint density at radius 2 is 0.455 bits per heavy atom. The summed E-state index contributed by atoms with van der Waals surface area (Å²) < 4.78 is 50.1. The van der Waals surface area contributed by atoms with Crippen LogP contribution >= 0.6 is 0 Å². The van der Waals surface area contributed by atoms with Gasteiger partial charge < -0.3 is 58.6 Å². The van der Waals surface area contributed by atoms with Gasteiger partial charge in [-0.1, -0.05) is 194 Å². The van der Waals surface area contributed by atoms with Gasteiger partial charge in [0.15, 0.2) is 6.10 Å². The van der Waals surface area contributed by atoms with Crippen LogP contribution in [0, 0.1) is 0 Å². The van der Waals surface area contributed by atoms with Crippen LogP contribution in [0.2, 0.25) is 0 Å². The fraction of sp³-hybridized carbons (Fsp3) is 0.885. The Hall–Kier alpha value is -5.37. The van der Waals surface area contributed by atoms with Crippen LogP contribution in [-0.2, 0) is 71.4 Å². The minimum Gasteiger partial charge on any atom is -0.462 e. The number of hydrogen-bond acceptors (Lipinski definition) is 18. The number of nitrogens with one attached hydrogen (secondary N) is 3. The molecule has 3 amide bonds. The van der Waals surface area contributed by atoms with Crippen molar-refractivity contribution in [3.63, 3.8) is 0 Å². The Morgan fingerprint density at radius 1 is 0.253 bits per heavy atom. The van der Waals surface area contributed by atoms with Crippen LogP contribution in [-0.4, -0.2) is 128 Å². The number of amides is 3. The Labute approximate surface area is 599 Å². The normalized spacial score (nSPS) is 12.8. The van der Waals surface area contributed by atoms with Crippen LogP contribution in [0.3, 0.4) is 0 Å². The molecule has 0 radical (unpaired) electrons. The highest BCUT2D eigenvalue weighted by atomic mass is 16.6. The predicted molar refractivity (Wildman–Crippen MR) is 389 cm³/mol. The van der Waals surface area contributed by atoms with Crippen LogP contribution in [0.4, 0.5) is 14.4 Å². The number of ether oxygens (including phenoxy) is 9. The summed E-state index contributed by atoms with van der Waals surface area (Å²) in [6, 6.07) is 0. The number of esters is 6. The standard InChI is InChI=1S/C78H143N3O18/c1-13-16-19-40-49-63(93-70(85)58-79-73(88)97-76(4,5)6)52-43-34-28-22-25-31-37-46-55-67(82)91-61-66(96-69(84)57-48-39-33-27-24-30-36-45-54-65(51-42-21-18-15-3)95-72(87)60-81-75(90)99-78(10,11)12)62-92-68(83)56-47-38-32-26-23-29-35-44-53-64(50-41-20-17-14-2)94-71(86)59-80-74(89)98-77(7,8)9/h63-66H,13-62H2,1-12H3,(H,79,88)(H,80,89)(H,81,90). The van der Waals surface area contributed by atoms with Crippen molar-refractivity contribution in [1.82, 2.24) is 16.0 Å². The molecule has 0 bridgehead atoms. The summed E-state index contributed by atoms with van der Waals surface area (Å²) in [4.78, 5) is 113. The molecule has 0 aliphatic carbocycles. The molecule has 21 heteroatoms. The Morgan fingerprint density at radius 3 is 0.687 bits per heavy atom. The summed E-state index contributed by atoms with van der Waals surface area (Å²) in [6.07, 6.45) is 37.8. The fourth-order valence-electron chi connectivity index (χ4n) is 11.2. The lowest BCUT2D eigenvalue weighted by molar-refractivity contribution is -0.167. The van der Waals surface area contributed by atoms with Gasteiger partial charge in [0.1, 0.15) is 68.0 Å². The van der Waals surface area contributed by atoms with E-state index in [-0.39, 0.29) is 70.4 Å². The van der Waals surface area contributed by atoms with Crippen LogP contribution in [0.25, 0.3) is 0 Å². The molecule has 0 rings (SSSR count). The first kappa shape index (κ1) is 93.6. The van der Waals surface area contributed by atoms with E-state index >= 15 is 0 Å². The summed E-state index contributed by atoms with van der Waals surface area (Å²) in [5.41, 5.74) is -1.98. The Kier molecular flexibility index (Phi) is 57.0. The van der Waals surface area contributed by atoms with E-state index < -0.39 is 77.0 Å². The predicted octanol–water partition coefficient (Wildman–Crippen LogP) is 18.9. The van der Waals surface area contributed by atoms with E-state index in [0.29, 0.717) is 19.3 Å². The monoisotopic (exact) mass is 1410 g/mol. The molecular formula is C78H143N3O18. The van der Waals surface area contributed by atoms with Crippen LogP contribution in [0.5, 0.6) is 0 Å². The number of alkyl carbamates (subject to hydrolysis) is 3. The molecule has 3 unspecified atom stereocenters. The first-order chi connectivity index (χ1) is 47.1. The van der Waals surface area contributed by atoms with E-state index in [9.17, 15) is 43.2 Å². The van der Waals surface area contributed by atoms with Crippen molar-refractivity contribution in [1.29, 1.82) is 0 Å². The van der Waals surface area contributed by atoms with E-state index in [1.807, 2.05) is 0 Å². The topological polar surface area (TPSA) is 273 Å². The summed E-state index contributed by atoms with van der Waals surface area (Å²) >= 11 is 0. The molecule has 0 fully saturated rings. The third kappa shape index (κ3) is 65.7. The highest BCUT2D eigenvalue weighted by Crippen LogP contribution is 2.22. The maximum absolute atomic E-state index is 13.2. The summed E-state index contributed by atoms with van der Waals surface area (Å²) in [7, 11) is 0. The lowest BCUT2D eigenvalue weighted by Crippen LogP contribution is -2.37. The lowest BCUT2D eigenvalue weighted by atomic mass is 10.0. The number of hydrogen-bond donors (Lipinski definition) is 3. The summed E-state index contributed by atoms with van der Waals surface area (Å²) in [6.45, 7) is 21.3. The van der Waals surface area contributed by atoms with Crippen LogP contribution < -0.4 is 16.0 Å². The maximum atomic E-state index is 13.2. The molecule has 21 nitrogen and oxygen atoms in total. The van der Waals surface area contributed by atoms with E-state index in [2.05, 4.69) is 36.7 Å². The number of rotatable bonds is 62. The highest BCUT2D eigenvalue weighted by molar-refractivity contribution is 5.79. The molecule has 0 aromatic carbocycles. The third-order valence-electron chi connectivity index (χ3n) is 16.5. The molecule has 0 saturated carbocycles. The lowest BCUT2D eigenvalue weighted by Gasteiger charge is -2.21. The van der Waals surface area contributed by atoms with Gasteiger partial charge in [0.05, 0.1) is 0 Å². The van der Waals surface area contributed by atoms with E-state index in [4.69, 9.17) is 42.6 Å². The summed E-state index contributed by atoms with van der Waals surface area (Å²) in [5, 5.41) is 7.48. The van der Waals surface area contributed by atoms with Gasteiger partial charge >= 0.3 is 54.1 Å². The largest absolute Gasteiger partial charge is 0.462 e. The minimum atomic E-state index is -0.923.